The maximum atomic E-state index is 4.57. The fraction of sp³-hybridized carbons (Fsp3) is 0. The molecule has 0 unspecified atom stereocenters. The maximum Gasteiger partial charge on any atom is 0.116 e. The number of H-pyrrole nitrogens is 3. The highest BCUT2D eigenvalue weighted by Crippen LogP contribution is 2.34. The maximum absolute atomic E-state index is 4.57. The van der Waals surface area contributed by atoms with E-state index in [1.165, 1.54) is 0 Å². The average molecular weight is 377 g/mol. The van der Waals surface area contributed by atoms with Crippen molar-refractivity contribution in [1.82, 2.24) is 35.3 Å². The summed E-state index contributed by atoms with van der Waals surface area (Å²) in [7, 11) is 0. The molecule has 1 aromatic carbocycles. The van der Waals surface area contributed by atoms with Gasteiger partial charge in [-0.05, 0) is 29.8 Å². The second-order valence-corrected chi connectivity index (χ2v) is 6.89. The Bertz CT molecular complexity index is 1440. The molecule has 0 saturated heterocycles. The van der Waals surface area contributed by atoms with Gasteiger partial charge in [0.15, 0.2) is 0 Å². The smallest absolute Gasteiger partial charge is 0.116 e. The molecule has 29 heavy (non-hydrogen) atoms. The van der Waals surface area contributed by atoms with Gasteiger partial charge < -0.3 is 4.98 Å². The predicted octanol–water partition coefficient (Wildman–Crippen LogP) is 4.56. The van der Waals surface area contributed by atoms with Crippen molar-refractivity contribution in [2.75, 3.05) is 0 Å². The molecule has 0 spiro atoms. The van der Waals surface area contributed by atoms with E-state index in [1.807, 2.05) is 49.2 Å². The normalized spacial score (nSPS) is 11.4. The molecule has 138 valence electrons. The summed E-state index contributed by atoms with van der Waals surface area (Å²) >= 11 is 0. The standard InChI is InChI=1S/C22H15N7/c1-2-14(8-23-5-1)18-11-24-12-21-16(18)7-20(27-21)22-17-6-13(15-9-25-26-10-15)3-4-19(17)28-29-22/h1-12,27H,(H,25,26)(H,28,29). The number of benzene rings is 1. The molecule has 0 aliphatic carbocycles. The number of fused-ring (bicyclic) bond motifs is 2. The Morgan fingerprint density at radius 1 is 0.759 bits per heavy atom. The Morgan fingerprint density at radius 3 is 2.62 bits per heavy atom. The van der Waals surface area contributed by atoms with Gasteiger partial charge in [-0.3, -0.25) is 20.2 Å². The molecule has 0 bridgehead atoms. The first kappa shape index (κ1) is 15.8. The highest BCUT2D eigenvalue weighted by Gasteiger charge is 2.14. The van der Waals surface area contributed by atoms with Crippen molar-refractivity contribution >= 4 is 21.8 Å². The van der Waals surface area contributed by atoms with Gasteiger partial charge in [-0.2, -0.15) is 10.2 Å². The fourth-order valence-electron chi connectivity index (χ4n) is 3.74. The van der Waals surface area contributed by atoms with Gasteiger partial charge in [0, 0.05) is 52.3 Å². The molecular weight excluding hydrogens is 362 g/mol. The monoisotopic (exact) mass is 377 g/mol. The quantitative estimate of drug-likeness (QED) is 0.421. The first-order valence-electron chi connectivity index (χ1n) is 9.21. The topological polar surface area (TPSA) is 98.9 Å². The van der Waals surface area contributed by atoms with Gasteiger partial charge in [-0.25, -0.2) is 0 Å². The molecule has 0 radical (unpaired) electrons. The van der Waals surface area contributed by atoms with Gasteiger partial charge in [-0.15, -0.1) is 0 Å². The van der Waals surface area contributed by atoms with Crippen molar-refractivity contribution in [3.63, 3.8) is 0 Å². The number of nitrogens with zero attached hydrogens (tertiary/aromatic N) is 4. The number of hydrogen-bond acceptors (Lipinski definition) is 4. The summed E-state index contributed by atoms with van der Waals surface area (Å²) in [6.07, 6.45) is 11.0. The van der Waals surface area contributed by atoms with Crippen LogP contribution in [0.25, 0.3) is 55.4 Å². The van der Waals surface area contributed by atoms with Crippen LogP contribution in [0.2, 0.25) is 0 Å². The van der Waals surface area contributed by atoms with Crippen LogP contribution in [0, 0.1) is 0 Å². The van der Waals surface area contributed by atoms with Crippen molar-refractivity contribution in [3.8, 4) is 33.6 Å². The molecule has 7 heteroatoms. The lowest BCUT2D eigenvalue weighted by Gasteiger charge is -2.01. The zero-order valence-electron chi connectivity index (χ0n) is 15.2. The zero-order valence-corrected chi connectivity index (χ0v) is 15.2. The third kappa shape index (κ3) is 2.52. The summed E-state index contributed by atoms with van der Waals surface area (Å²) < 4.78 is 0. The number of hydrogen-bond donors (Lipinski definition) is 3. The van der Waals surface area contributed by atoms with Gasteiger partial charge in [0.1, 0.15) is 5.69 Å². The molecule has 6 aromatic rings. The van der Waals surface area contributed by atoms with Gasteiger partial charge >= 0.3 is 0 Å². The van der Waals surface area contributed by atoms with E-state index in [1.54, 1.807) is 6.20 Å². The van der Waals surface area contributed by atoms with E-state index in [-0.39, 0.29) is 0 Å². The van der Waals surface area contributed by atoms with E-state index >= 15 is 0 Å². The van der Waals surface area contributed by atoms with Gasteiger partial charge in [0.25, 0.3) is 0 Å². The molecule has 0 amide bonds. The fourth-order valence-corrected chi connectivity index (χ4v) is 3.74. The number of aromatic amines is 3. The lowest BCUT2D eigenvalue weighted by atomic mass is 10.0. The summed E-state index contributed by atoms with van der Waals surface area (Å²) in [6.45, 7) is 0. The summed E-state index contributed by atoms with van der Waals surface area (Å²) in [4.78, 5) is 12.1. The van der Waals surface area contributed by atoms with Crippen LogP contribution in [0.3, 0.4) is 0 Å². The lowest BCUT2D eigenvalue weighted by Crippen LogP contribution is -1.82. The number of nitrogens with one attached hydrogen (secondary N) is 3. The molecule has 6 rings (SSSR count). The minimum atomic E-state index is 0.874. The third-order valence-electron chi connectivity index (χ3n) is 5.17. The Morgan fingerprint density at radius 2 is 1.76 bits per heavy atom. The zero-order chi connectivity index (χ0) is 19.2. The summed E-state index contributed by atoms with van der Waals surface area (Å²) in [5.41, 5.74) is 7.95. The second kappa shape index (κ2) is 6.13. The van der Waals surface area contributed by atoms with Crippen molar-refractivity contribution in [3.05, 3.63) is 73.6 Å². The van der Waals surface area contributed by atoms with E-state index in [2.05, 4.69) is 53.5 Å². The van der Waals surface area contributed by atoms with E-state index in [9.17, 15) is 0 Å². The Balaban J connectivity index is 1.54. The van der Waals surface area contributed by atoms with Crippen LogP contribution in [0.5, 0.6) is 0 Å². The van der Waals surface area contributed by atoms with Crippen molar-refractivity contribution in [1.29, 1.82) is 0 Å². The number of rotatable bonds is 3. The molecule has 7 nitrogen and oxygen atoms in total. The van der Waals surface area contributed by atoms with Crippen LogP contribution in [0.1, 0.15) is 0 Å². The van der Waals surface area contributed by atoms with Crippen LogP contribution in [-0.2, 0) is 0 Å². The minimum absolute atomic E-state index is 0.874. The van der Waals surface area contributed by atoms with Gasteiger partial charge in [0.2, 0.25) is 0 Å². The van der Waals surface area contributed by atoms with E-state index in [0.29, 0.717) is 0 Å². The Hall–Kier alpha value is -4.26. The molecule has 5 heterocycles. The number of aromatic nitrogens is 7. The minimum Gasteiger partial charge on any atom is -0.352 e. The molecule has 0 aliphatic heterocycles. The van der Waals surface area contributed by atoms with Gasteiger partial charge in [0.05, 0.1) is 29.1 Å². The van der Waals surface area contributed by atoms with Crippen molar-refractivity contribution < 1.29 is 0 Å². The van der Waals surface area contributed by atoms with Crippen LogP contribution in [0.4, 0.5) is 0 Å². The van der Waals surface area contributed by atoms with Crippen LogP contribution in [0.15, 0.2) is 73.6 Å². The predicted molar refractivity (Wildman–Crippen MR) is 112 cm³/mol. The van der Waals surface area contributed by atoms with Crippen LogP contribution >= 0.6 is 0 Å². The van der Waals surface area contributed by atoms with Crippen molar-refractivity contribution in [2.45, 2.75) is 0 Å². The molecule has 0 aliphatic rings. The van der Waals surface area contributed by atoms with Crippen LogP contribution < -0.4 is 0 Å². The molecule has 5 aromatic heterocycles. The number of pyridine rings is 2. The first-order chi connectivity index (χ1) is 14.4. The highest BCUT2D eigenvalue weighted by molar-refractivity contribution is 6.01. The summed E-state index contributed by atoms with van der Waals surface area (Å²) in [5.74, 6) is 0. The second-order valence-electron chi connectivity index (χ2n) is 6.89. The average Bonchev–Trinajstić information content (AvgIpc) is 3.52. The Labute approximate surface area is 164 Å². The molecule has 3 N–H and O–H groups in total. The lowest BCUT2D eigenvalue weighted by molar-refractivity contribution is 1.09. The van der Waals surface area contributed by atoms with Crippen LogP contribution in [-0.4, -0.2) is 35.3 Å². The molecule has 0 fully saturated rings. The van der Waals surface area contributed by atoms with Crippen molar-refractivity contribution in [2.24, 2.45) is 0 Å². The molecular formula is C22H15N7. The van der Waals surface area contributed by atoms with E-state index in [0.717, 1.165) is 55.4 Å². The molecule has 0 atom stereocenters. The third-order valence-corrected chi connectivity index (χ3v) is 5.17. The van der Waals surface area contributed by atoms with E-state index < -0.39 is 0 Å². The highest BCUT2D eigenvalue weighted by atomic mass is 15.1. The molecule has 0 saturated carbocycles. The largest absolute Gasteiger partial charge is 0.352 e. The van der Waals surface area contributed by atoms with E-state index in [4.69, 9.17) is 0 Å². The first-order valence-corrected chi connectivity index (χ1v) is 9.21. The SMILES string of the molecule is c1cncc(-c2cncc3[nH]c(-c4n[nH]c5ccc(-c6cn[nH]c6)cc45)cc23)c1. The summed E-state index contributed by atoms with van der Waals surface area (Å²) in [6, 6.07) is 12.3. The Kier molecular flexibility index (Phi) is 3.33. The van der Waals surface area contributed by atoms with Gasteiger partial charge in [-0.1, -0.05) is 12.1 Å². The summed E-state index contributed by atoms with van der Waals surface area (Å²) in [5, 5.41) is 16.8.